The van der Waals surface area contributed by atoms with Gasteiger partial charge in [-0.3, -0.25) is 24.0 Å². The number of halogens is 1. The summed E-state index contributed by atoms with van der Waals surface area (Å²) < 4.78 is 26.9. The van der Waals surface area contributed by atoms with Gasteiger partial charge >= 0.3 is 12.0 Å². The molecule has 2 unspecified atom stereocenters. The summed E-state index contributed by atoms with van der Waals surface area (Å²) in [6.45, 7) is 8.83. The standard InChI is InChI=1S/C39H62BrN5O11/c1-27(2)36(33(46)25-30(6-5-14-42-39(41)51)37(49)43-32-9-7-29(26-40)8-10-32)44-34(47)12-16-53-18-20-55-22-23-56-21-19-54-17-13-35(48)45-15-11-31(24-28(45)3)38(50)52-4/h7-10,27-28,30-31,36H,5-6,11-26H2,1-4H3,(H,43,49)(H,44,47)(H3,41,42,51)/t28?,30-,31?,36+/m1/s1. The van der Waals surface area contributed by atoms with E-state index in [1.165, 1.54) is 7.11 Å². The number of nitrogens with zero attached hydrogens (tertiary/aromatic N) is 1. The number of carbonyl (C=O) groups excluding carboxylic acids is 6. The number of ketones is 1. The zero-order valence-electron chi connectivity index (χ0n) is 33.3. The first-order valence-corrected chi connectivity index (χ1v) is 20.5. The molecule has 1 aliphatic heterocycles. The van der Waals surface area contributed by atoms with Crippen molar-refractivity contribution in [2.24, 2.45) is 23.5 Å². The van der Waals surface area contributed by atoms with Gasteiger partial charge in [0.25, 0.3) is 0 Å². The molecule has 5 amide bonds. The predicted molar refractivity (Wildman–Crippen MR) is 213 cm³/mol. The first-order chi connectivity index (χ1) is 26.9. The topological polar surface area (TPSA) is 214 Å². The highest BCUT2D eigenvalue weighted by Crippen LogP contribution is 2.24. The number of ether oxygens (including phenoxy) is 5. The van der Waals surface area contributed by atoms with Crippen molar-refractivity contribution in [2.45, 2.75) is 83.1 Å². The smallest absolute Gasteiger partial charge is 0.312 e. The monoisotopic (exact) mass is 855 g/mol. The van der Waals surface area contributed by atoms with Crippen molar-refractivity contribution in [1.82, 2.24) is 15.5 Å². The van der Waals surface area contributed by atoms with Crippen LogP contribution in [0.4, 0.5) is 10.5 Å². The number of nitrogens with one attached hydrogen (secondary N) is 3. The summed E-state index contributed by atoms with van der Waals surface area (Å²) in [6, 6.07) is 5.88. The number of likely N-dealkylation sites (tertiary alicyclic amines) is 1. The van der Waals surface area contributed by atoms with Crippen molar-refractivity contribution in [3.05, 3.63) is 29.8 Å². The Morgan fingerprint density at radius 2 is 1.48 bits per heavy atom. The highest BCUT2D eigenvalue weighted by molar-refractivity contribution is 9.08. The lowest BCUT2D eigenvalue weighted by molar-refractivity contribution is -0.150. The number of piperidine rings is 1. The Morgan fingerprint density at radius 1 is 0.893 bits per heavy atom. The Kier molecular flexibility index (Phi) is 24.1. The minimum atomic E-state index is -0.789. The number of hydrogen-bond donors (Lipinski definition) is 4. The highest BCUT2D eigenvalue weighted by atomic mass is 79.9. The van der Waals surface area contributed by atoms with Crippen LogP contribution in [0.15, 0.2) is 24.3 Å². The van der Waals surface area contributed by atoms with Crippen LogP contribution in [-0.2, 0) is 53.0 Å². The van der Waals surface area contributed by atoms with E-state index < -0.39 is 18.0 Å². The number of methoxy groups -OCH3 is 1. The van der Waals surface area contributed by atoms with Gasteiger partial charge in [-0.1, -0.05) is 41.9 Å². The van der Waals surface area contributed by atoms with Gasteiger partial charge in [-0.05, 0) is 56.2 Å². The quantitative estimate of drug-likeness (QED) is 0.0545. The van der Waals surface area contributed by atoms with Crippen molar-refractivity contribution in [2.75, 3.05) is 78.4 Å². The summed E-state index contributed by atoms with van der Waals surface area (Å²) in [5.74, 6) is -2.20. The number of anilines is 1. The van der Waals surface area contributed by atoms with Crippen LogP contribution in [0, 0.1) is 17.8 Å². The number of primary amides is 1. The van der Waals surface area contributed by atoms with E-state index in [1.54, 1.807) is 17.0 Å². The normalized spacial score (nSPS) is 16.5. The molecule has 1 aliphatic rings. The van der Waals surface area contributed by atoms with E-state index in [4.69, 9.17) is 29.4 Å². The number of Topliss-reactive ketones (excluding diaryl/α,β-unsaturated/α-hetero) is 1. The third kappa shape index (κ3) is 19.5. The van der Waals surface area contributed by atoms with Crippen LogP contribution in [0.25, 0.3) is 0 Å². The molecule has 17 heteroatoms. The Bertz CT molecular complexity index is 1370. The van der Waals surface area contributed by atoms with Crippen LogP contribution in [0.5, 0.6) is 0 Å². The minimum Gasteiger partial charge on any atom is -0.469 e. The maximum Gasteiger partial charge on any atom is 0.312 e. The number of esters is 1. The van der Waals surface area contributed by atoms with Gasteiger partial charge in [-0.15, -0.1) is 0 Å². The number of benzene rings is 1. The van der Waals surface area contributed by atoms with E-state index in [0.29, 0.717) is 76.3 Å². The van der Waals surface area contributed by atoms with E-state index >= 15 is 0 Å². The second kappa shape index (κ2) is 27.9. The molecule has 5 N–H and O–H groups in total. The molecule has 56 heavy (non-hydrogen) atoms. The fourth-order valence-corrected chi connectivity index (χ4v) is 6.57. The molecule has 0 bridgehead atoms. The lowest BCUT2D eigenvalue weighted by Crippen LogP contribution is -2.46. The second-order valence-electron chi connectivity index (χ2n) is 14.0. The molecule has 0 saturated carbocycles. The predicted octanol–water partition coefficient (Wildman–Crippen LogP) is 3.33. The van der Waals surface area contributed by atoms with Gasteiger partial charge in [0.2, 0.25) is 17.7 Å². The average Bonchev–Trinajstić information content (AvgIpc) is 3.17. The van der Waals surface area contributed by atoms with Gasteiger partial charge in [-0.25, -0.2) is 4.79 Å². The van der Waals surface area contributed by atoms with E-state index in [0.717, 1.165) is 5.56 Å². The molecule has 0 aliphatic carbocycles. The van der Waals surface area contributed by atoms with Gasteiger partial charge in [-0.2, -0.15) is 0 Å². The molecule has 2 rings (SSSR count). The zero-order chi connectivity index (χ0) is 41.3. The van der Waals surface area contributed by atoms with Crippen LogP contribution in [0.2, 0.25) is 0 Å². The molecular weight excluding hydrogens is 794 g/mol. The number of nitrogens with two attached hydrogens (primary N) is 1. The fourth-order valence-electron chi connectivity index (χ4n) is 6.19. The second-order valence-corrected chi connectivity index (χ2v) is 14.6. The summed E-state index contributed by atoms with van der Waals surface area (Å²) in [6.07, 6.45) is 2.20. The number of alkyl halides is 1. The maximum absolute atomic E-state index is 13.4. The first-order valence-electron chi connectivity index (χ1n) is 19.4. The molecule has 316 valence electrons. The Hall–Kier alpha value is -3.64. The molecule has 0 aromatic heterocycles. The third-order valence-electron chi connectivity index (χ3n) is 9.33. The average molecular weight is 857 g/mol. The fraction of sp³-hybridized carbons (Fsp3) is 0.692. The van der Waals surface area contributed by atoms with Crippen LogP contribution < -0.4 is 21.7 Å². The molecule has 1 saturated heterocycles. The molecular formula is C39H62BrN5O11. The van der Waals surface area contributed by atoms with Gasteiger partial charge in [0.15, 0.2) is 5.78 Å². The Morgan fingerprint density at radius 3 is 2.02 bits per heavy atom. The highest BCUT2D eigenvalue weighted by Gasteiger charge is 2.33. The number of hydrogen-bond acceptors (Lipinski definition) is 11. The van der Waals surface area contributed by atoms with Gasteiger partial charge < -0.3 is 50.3 Å². The van der Waals surface area contributed by atoms with Crippen molar-refractivity contribution in [3.63, 3.8) is 0 Å². The van der Waals surface area contributed by atoms with E-state index in [-0.39, 0.29) is 93.0 Å². The van der Waals surface area contributed by atoms with E-state index in [1.807, 2.05) is 32.9 Å². The molecule has 4 atom stereocenters. The van der Waals surface area contributed by atoms with Crippen molar-refractivity contribution in [1.29, 1.82) is 0 Å². The van der Waals surface area contributed by atoms with Crippen LogP contribution in [-0.4, -0.2) is 126 Å². The van der Waals surface area contributed by atoms with E-state index in [2.05, 4.69) is 31.9 Å². The summed E-state index contributed by atoms with van der Waals surface area (Å²) in [5, 5.41) is 8.87. The van der Waals surface area contributed by atoms with Gasteiger partial charge in [0, 0.05) is 48.9 Å². The summed E-state index contributed by atoms with van der Waals surface area (Å²) in [7, 11) is 1.38. The molecule has 16 nitrogen and oxygen atoms in total. The van der Waals surface area contributed by atoms with Gasteiger partial charge in [0.05, 0.1) is 78.3 Å². The lowest BCUT2D eigenvalue weighted by atomic mass is 9.89. The number of carbonyl (C=O) groups is 6. The zero-order valence-corrected chi connectivity index (χ0v) is 34.9. The van der Waals surface area contributed by atoms with E-state index in [9.17, 15) is 28.8 Å². The molecule has 1 aromatic carbocycles. The summed E-state index contributed by atoms with van der Waals surface area (Å²) in [4.78, 5) is 76.7. The van der Waals surface area contributed by atoms with Crippen LogP contribution in [0.1, 0.15) is 71.3 Å². The SMILES string of the molecule is COC(=O)C1CCN(C(=O)CCOCCOCCOCCOCCC(=O)N[C@H](C(=O)C[C@@H](CCCNC(N)=O)C(=O)Nc2ccc(CBr)cc2)C(C)C)C(C)C1. The molecule has 0 spiro atoms. The van der Waals surface area contributed by atoms with Crippen molar-refractivity contribution in [3.8, 4) is 0 Å². The summed E-state index contributed by atoms with van der Waals surface area (Å²) in [5.41, 5.74) is 6.81. The largest absolute Gasteiger partial charge is 0.469 e. The van der Waals surface area contributed by atoms with Crippen LogP contribution >= 0.6 is 15.9 Å². The van der Waals surface area contributed by atoms with Crippen LogP contribution in [0.3, 0.4) is 0 Å². The number of urea groups is 1. The minimum absolute atomic E-state index is 0.00761. The Balaban J connectivity index is 1.59. The lowest BCUT2D eigenvalue weighted by Gasteiger charge is -2.36. The molecule has 1 aromatic rings. The van der Waals surface area contributed by atoms with Crippen molar-refractivity contribution >= 4 is 57.1 Å². The first kappa shape index (κ1) is 48.5. The number of rotatable bonds is 28. The van der Waals surface area contributed by atoms with Gasteiger partial charge in [0.1, 0.15) is 0 Å². The third-order valence-corrected chi connectivity index (χ3v) is 9.98. The number of amides is 5. The molecule has 0 radical (unpaired) electrons. The Labute approximate surface area is 339 Å². The summed E-state index contributed by atoms with van der Waals surface area (Å²) >= 11 is 3.40. The molecule has 1 heterocycles. The molecule has 1 fully saturated rings. The van der Waals surface area contributed by atoms with Crippen molar-refractivity contribution < 1.29 is 52.5 Å². The maximum atomic E-state index is 13.4.